The maximum Gasteiger partial charge on any atom is 0.318 e. The van der Waals surface area contributed by atoms with Crippen molar-refractivity contribution in [3.8, 4) is 0 Å². The Hall–Kier alpha value is -2.05. The van der Waals surface area contributed by atoms with Gasteiger partial charge in [0.15, 0.2) is 0 Å². The van der Waals surface area contributed by atoms with Crippen LogP contribution in [0.25, 0.3) is 0 Å². The summed E-state index contributed by atoms with van der Waals surface area (Å²) >= 11 is 0. The molecule has 134 valence electrons. The molecule has 0 spiro atoms. The molecule has 1 aromatic rings. The van der Waals surface area contributed by atoms with Crippen LogP contribution in [0.5, 0.6) is 0 Å². The fourth-order valence-electron chi connectivity index (χ4n) is 2.91. The molecule has 1 saturated heterocycles. The second kappa shape index (κ2) is 8.17. The van der Waals surface area contributed by atoms with E-state index in [4.69, 9.17) is 0 Å². The molecule has 7 nitrogen and oxygen atoms in total. The summed E-state index contributed by atoms with van der Waals surface area (Å²) in [5.74, 6) is 0.313. The maximum atomic E-state index is 12.3. The van der Waals surface area contributed by atoms with Crippen LogP contribution in [-0.4, -0.2) is 51.8 Å². The summed E-state index contributed by atoms with van der Waals surface area (Å²) < 4.78 is 1.80. The quantitative estimate of drug-likeness (QED) is 0.822. The van der Waals surface area contributed by atoms with E-state index >= 15 is 0 Å². The molecule has 1 aromatic heterocycles. The zero-order valence-corrected chi connectivity index (χ0v) is 15.1. The Morgan fingerprint density at radius 2 is 2.12 bits per heavy atom. The molecule has 2 rings (SSSR count). The molecule has 1 fully saturated rings. The normalized spacial score (nSPS) is 19.8. The number of aryl methyl sites for hydroxylation is 1. The monoisotopic (exact) mass is 335 g/mol. The lowest BCUT2D eigenvalue weighted by molar-refractivity contribution is -0.123. The fraction of sp³-hybridized carbons (Fsp3) is 0.706. The Labute approximate surface area is 143 Å². The second-order valence-corrected chi connectivity index (χ2v) is 6.82. The molecule has 1 aliphatic heterocycles. The predicted octanol–water partition coefficient (Wildman–Crippen LogP) is 1.30. The standard InChI is InChI=1S/C17H29N5O2/c1-5-12(2)19-16(23)13(3)20-17(24)22-7-6-14(11-22)8-15-9-18-21(4)10-15/h9-10,12-14H,5-8,11H2,1-4H3,(H,19,23)(H,20,24)/t12-,13-,14-/m0/s1. The summed E-state index contributed by atoms with van der Waals surface area (Å²) in [6.07, 6.45) is 6.68. The number of carbonyl (C=O) groups excluding carboxylic acids is 2. The molecule has 0 radical (unpaired) electrons. The van der Waals surface area contributed by atoms with Crippen LogP contribution in [0.2, 0.25) is 0 Å². The van der Waals surface area contributed by atoms with Crippen molar-refractivity contribution in [2.75, 3.05) is 13.1 Å². The highest BCUT2D eigenvalue weighted by atomic mass is 16.2. The van der Waals surface area contributed by atoms with Crippen molar-refractivity contribution in [3.05, 3.63) is 18.0 Å². The summed E-state index contributed by atoms with van der Waals surface area (Å²) in [6.45, 7) is 7.15. The van der Waals surface area contributed by atoms with Crippen molar-refractivity contribution in [2.24, 2.45) is 13.0 Å². The minimum absolute atomic E-state index is 0.118. The first-order valence-electron chi connectivity index (χ1n) is 8.72. The van der Waals surface area contributed by atoms with Gasteiger partial charge in [-0.05, 0) is 44.6 Å². The first-order valence-corrected chi connectivity index (χ1v) is 8.72. The van der Waals surface area contributed by atoms with Crippen molar-refractivity contribution in [1.82, 2.24) is 25.3 Å². The summed E-state index contributed by atoms with van der Waals surface area (Å²) in [5, 5.41) is 9.87. The van der Waals surface area contributed by atoms with Gasteiger partial charge in [0, 0.05) is 32.4 Å². The molecular formula is C17H29N5O2. The molecule has 3 amide bonds. The van der Waals surface area contributed by atoms with Gasteiger partial charge >= 0.3 is 6.03 Å². The Balaban J connectivity index is 1.78. The van der Waals surface area contributed by atoms with Gasteiger partial charge in [-0.25, -0.2) is 4.79 Å². The highest BCUT2D eigenvalue weighted by Gasteiger charge is 2.28. The molecule has 3 atom stereocenters. The molecule has 1 aliphatic rings. The number of likely N-dealkylation sites (tertiary alicyclic amines) is 1. The lowest BCUT2D eigenvalue weighted by Gasteiger charge is -2.22. The first-order chi connectivity index (χ1) is 11.4. The summed E-state index contributed by atoms with van der Waals surface area (Å²) in [6, 6.07) is -0.563. The largest absolute Gasteiger partial charge is 0.352 e. The average molecular weight is 335 g/mol. The molecular weight excluding hydrogens is 306 g/mol. The highest BCUT2D eigenvalue weighted by Crippen LogP contribution is 2.20. The zero-order valence-electron chi connectivity index (χ0n) is 15.1. The zero-order chi connectivity index (χ0) is 17.7. The van der Waals surface area contributed by atoms with E-state index in [2.05, 4.69) is 15.7 Å². The number of hydrogen-bond donors (Lipinski definition) is 2. The van der Waals surface area contributed by atoms with Gasteiger partial charge in [0.05, 0.1) is 6.20 Å². The summed E-state index contributed by atoms with van der Waals surface area (Å²) in [4.78, 5) is 26.2. The smallest absolute Gasteiger partial charge is 0.318 e. The number of carbonyl (C=O) groups is 2. The van der Waals surface area contributed by atoms with Gasteiger partial charge < -0.3 is 15.5 Å². The SMILES string of the molecule is CC[C@H](C)NC(=O)[C@H](C)NC(=O)N1CC[C@@H](Cc2cnn(C)c2)C1. The van der Waals surface area contributed by atoms with Crippen LogP contribution < -0.4 is 10.6 Å². The molecule has 0 bridgehead atoms. The number of aromatic nitrogens is 2. The predicted molar refractivity (Wildman–Crippen MR) is 92.5 cm³/mol. The lowest BCUT2D eigenvalue weighted by Crippen LogP contribution is -2.50. The molecule has 7 heteroatoms. The molecule has 2 N–H and O–H groups in total. The number of rotatable bonds is 6. The summed E-state index contributed by atoms with van der Waals surface area (Å²) in [5.41, 5.74) is 1.20. The number of nitrogens with zero attached hydrogens (tertiary/aromatic N) is 3. The summed E-state index contributed by atoms with van der Waals surface area (Å²) in [7, 11) is 1.91. The molecule has 0 aromatic carbocycles. The van der Waals surface area contributed by atoms with Gasteiger partial charge in [-0.1, -0.05) is 6.92 Å². The molecule has 24 heavy (non-hydrogen) atoms. The fourth-order valence-corrected chi connectivity index (χ4v) is 2.91. The van der Waals surface area contributed by atoms with E-state index in [1.54, 1.807) is 16.5 Å². The third-order valence-corrected chi connectivity index (χ3v) is 4.59. The van der Waals surface area contributed by atoms with E-state index in [1.807, 2.05) is 33.3 Å². The number of hydrogen-bond acceptors (Lipinski definition) is 3. The van der Waals surface area contributed by atoms with Crippen LogP contribution in [0.15, 0.2) is 12.4 Å². The molecule has 0 aliphatic carbocycles. The van der Waals surface area contributed by atoms with E-state index in [0.717, 1.165) is 32.4 Å². The van der Waals surface area contributed by atoms with Gasteiger partial charge in [-0.15, -0.1) is 0 Å². The van der Waals surface area contributed by atoms with Crippen molar-refractivity contribution < 1.29 is 9.59 Å². The van der Waals surface area contributed by atoms with Gasteiger partial charge in [0.1, 0.15) is 6.04 Å². The lowest BCUT2D eigenvalue weighted by atomic mass is 10.0. The number of urea groups is 1. The van der Waals surface area contributed by atoms with Crippen LogP contribution in [0, 0.1) is 5.92 Å². The van der Waals surface area contributed by atoms with Crippen LogP contribution in [0.4, 0.5) is 4.79 Å². The van der Waals surface area contributed by atoms with Gasteiger partial charge in [0.2, 0.25) is 5.91 Å². The molecule has 0 saturated carbocycles. The molecule has 2 heterocycles. The average Bonchev–Trinajstić information content (AvgIpc) is 3.16. The Bertz CT molecular complexity index is 571. The maximum absolute atomic E-state index is 12.3. The van der Waals surface area contributed by atoms with Gasteiger partial charge in [0.25, 0.3) is 0 Å². The minimum atomic E-state index is -0.524. The van der Waals surface area contributed by atoms with Gasteiger partial charge in [-0.2, -0.15) is 5.10 Å². The van der Waals surface area contributed by atoms with E-state index in [1.165, 1.54) is 5.56 Å². The minimum Gasteiger partial charge on any atom is -0.352 e. The Morgan fingerprint density at radius 1 is 1.38 bits per heavy atom. The van der Waals surface area contributed by atoms with Gasteiger partial charge in [-0.3, -0.25) is 9.48 Å². The van der Waals surface area contributed by atoms with Crippen molar-refractivity contribution in [3.63, 3.8) is 0 Å². The van der Waals surface area contributed by atoms with Crippen LogP contribution in [0.3, 0.4) is 0 Å². The van der Waals surface area contributed by atoms with Crippen molar-refractivity contribution in [1.29, 1.82) is 0 Å². The third-order valence-electron chi connectivity index (χ3n) is 4.59. The Kier molecular flexibility index (Phi) is 6.23. The topological polar surface area (TPSA) is 79.3 Å². The second-order valence-electron chi connectivity index (χ2n) is 6.82. The highest BCUT2D eigenvalue weighted by molar-refractivity contribution is 5.86. The number of amides is 3. The van der Waals surface area contributed by atoms with E-state index in [9.17, 15) is 9.59 Å². The number of nitrogens with one attached hydrogen (secondary N) is 2. The van der Waals surface area contributed by atoms with E-state index in [0.29, 0.717) is 5.92 Å². The van der Waals surface area contributed by atoms with Crippen LogP contribution in [0.1, 0.15) is 39.2 Å². The molecule has 0 unspecified atom stereocenters. The van der Waals surface area contributed by atoms with Crippen molar-refractivity contribution >= 4 is 11.9 Å². The van der Waals surface area contributed by atoms with Crippen LogP contribution >= 0.6 is 0 Å². The van der Waals surface area contributed by atoms with E-state index in [-0.39, 0.29) is 18.0 Å². The van der Waals surface area contributed by atoms with E-state index < -0.39 is 6.04 Å². The first kappa shape index (κ1) is 18.3. The van der Waals surface area contributed by atoms with Crippen molar-refractivity contribution in [2.45, 2.75) is 52.1 Å². The third kappa shape index (κ3) is 4.97. The Morgan fingerprint density at radius 3 is 2.75 bits per heavy atom. The van der Waals surface area contributed by atoms with Crippen LogP contribution in [-0.2, 0) is 18.3 Å².